The lowest BCUT2D eigenvalue weighted by atomic mass is 10.0. The summed E-state index contributed by atoms with van der Waals surface area (Å²) in [5.41, 5.74) is 3.42. The van der Waals surface area contributed by atoms with Gasteiger partial charge in [-0.3, -0.25) is 4.79 Å². The van der Waals surface area contributed by atoms with E-state index in [-0.39, 0.29) is 11.3 Å². The van der Waals surface area contributed by atoms with Crippen molar-refractivity contribution in [3.8, 4) is 6.07 Å². The maximum absolute atomic E-state index is 12.2. The Morgan fingerprint density at radius 2 is 1.97 bits per heavy atom. The molecule has 9 nitrogen and oxygen atoms in total. The maximum atomic E-state index is 12.2. The highest BCUT2D eigenvalue weighted by Gasteiger charge is 2.16. The van der Waals surface area contributed by atoms with Crippen molar-refractivity contribution in [2.75, 3.05) is 10.6 Å². The van der Waals surface area contributed by atoms with Gasteiger partial charge in [-0.1, -0.05) is 25.2 Å². The van der Waals surface area contributed by atoms with E-state index < -0.39 is 15.9 Å². The average Bonchev–Trinajstić information content (AvgIpc) is 2.81. The number of hydrogen-bond donors (Lipinski definition) is 3. The van der Waals surface area contributed by atoms with E-state index in [4.69, 9.17) is 5.26 Å². The fourth-order valence-corrected chi connectivity index (χ4v) is 3.93. The van der Waals surface area contributed by atoms with Gasteiger partial charge in [-0.05, 0) is 49.3 Å². The second-order valence-electron chi connectivity index (χ2n) is 7.22. The third kappa shape index (κ3) is 6.51. The van der Waals surface area contributed by atoms with Gasteiger partial charge < -0.3 is 10.6 Å². The number of sulfonamides is 1. The predicted molar refractivity (Wildman–Crippen MR) is 126 cm³/mol. The lowest BCUT2D eigenvalue weighted by molar-refractivity contribution is -0.119. The number of allylic oxidation sites excluding steroid dienone is 5. The number of hydrogen-bond acceptors (Lipinski definition) is 8. The molecule has 3 N–H and O–H groups in total. The van der Waals surface area contributed by atoms with Gasteiger partial charge in [-0.25, -0.2) is 18.1 Å². The van der Waals surface area contributed by atoms with Crippen molar-refractivity contribution in [1.29, 1.82) is 5.26 Å². The molecule has 3 rings (SSSR count). The summed E-state index contributed by atoms with van der Waals surface area (Å²) >= 11 is 0. The Morgan fingerprint density at radius 3 is 2.61 bits per heavy atom. The standard InChI is InChI=1S/C23H24N6O3S/c1-3-21(30)29-33(31,32)20-12-10-19(11-13-20)27-23-25-15-16(2)22(28-23)26-18-8-6-17(7-9-18)5-4-14-24/h5-6,8-13,15H,3-4,7H2,1-2H3,(H,29,30)(H2,25,26,27,28). The van der Waals surface area contributed by atoms with E-state index in [1.165, 1.54) is 12.1 Å². The van der Waals surface area contributed by atoms with Gasteiger partial charge in [0.2, 0.25) is 11.9 Å². The molecule has 0 saturated carbocycles. The van der Waals surface area contributed by atoms with Crippen LogP contribution in [-0.2, 0) is 14.8 Å². The average molecular weight is 465 g/mol. The van der Waals surface area contributed by atoms with Crippen molar-refractivity contribution < 1.29 is 13.2 Å². The molecule has 0 spiro atoms. The molecule has 1 heterocycles. The van der Waals surface area contributed by atoms with E-state index >= 15 is 0 Å². The zero-order valence-electron chi connectivity index (χ0n) is 18.3. The van der Waals surface area contributed by atoms with Crippen molar-refractivity contribution in [3.05, 3.63) is 71.6 Å². The molecule has 0 atom stereocenters. The fourth-order valence-electron chi connectivity index (χ4n) is 2.87. The number of amides is 1. The number of nitrogens with one attached hydrogen (secondary N) is 3. The lowest BCUT2D eigenvalue weighted by Crippen LogP contribution is -2.29. The second kappa shape index (κ2) is 10.6. The molecule has 0 bridgehead atoms. The molecule has 10 heteroatoms. The number of aryl methyl sites for hydroxylation is 1. The predicted octanol–water partition coefficient (Wildman–Crippen LogP) is 3.84. The quantitative estimate of drug-likeness (QED) is 0.536. The van der Waals surface area contributed by atoms with Crippen LogP contribution in [-0.4, -0.2) is 24.3 Å². The number of nitrogens with zero attached hydrogens (tertiary/aromatic N) is 3. The first kappa shape index (κ1) is 23.7. The third-order valence-electron chi connectivity index (χ3n) is 4.71. The molecule has 2 aromatic rings. The van der Waals surface area contributed by atoms with E-state index in [1.54, 1.807) is 25.3 Å². The fraction of sp³-hybridized carbons (Fsp3) is 0.217. The molecule has 1 amide bonds. The minimum absolute atomic E-state index is 0.0127. The third-order valence-corrected chi connectivity index (χ3v) is 6.10. The summed E-state index contributed by atoms with van der Waals surface area (Å²) in [5.74, 6) is 0.407. The van der Waals surface area contributed by atoms with E-state index in [2.05, 4.69) is 26.7 Å². The van der Waals surface area contributed by atoms with Crippen LogP contribution in [0.1, 0.15) is 31.7 Å². The number of carbonyl (C=O) groups is 1. The van der Waals surface area contributed by atoms with Crippen molar-refractivity contribution in [3.63, 3.8) is 0 Å². The lowest BCUT2D eigenvalue weighted by Gasteiger charge is -2.14. The molecular weight excluding hydrogens is 440 g/mol. The number of rotatable bonds is 8. The minimum atomic E-state index is -3.90. The van der Waals surface area contributed by atoms with Gasteiger partial charge >= 0.3 is 0 Å². The molecule has 0 aliphatic heterocycles. The minimum Gasteiger partial charge on any atom is -0.340 e. The van der Waals surface area contributed by atoms with Gasteiger partial charge in [0.25, 0.3) is 10.0 Å². The smallest absolute Gasteiger partial charge is 0.264 e. The number of aromatic nitrogens is 2. The van der Waals surface area contributed by atoms with E-state index in [0.29, 0.717) is 23.9 Å². The highest BCUT2D eigenvalue weighted by molar-refractivity contribution is 7.90. The van der Waals surface area contributed by atoms with Crippen LogP contribution in [0.25, 0.3) is 0 Å². The Bertz CT molecular complexity index is 1270. The molecule has 0 unspecified atom stereocenters. The van der Waals surface area contributed by atoms with Gasteiger partial charge in [0.05, 0.1) is 17.4 Å². The van der Waals surface area contributed by atoms with Crippen LogP contribution in [0.2, 0.25) is 0 Å². The van der Waals surface area contributed by atoms with E-state index in [9.17, 15) is 13.2 Å². The van der Waals surface area contributed by atoms with Crippen molar-refractivity contribution in [2.45, 2.75) is 38.0 Å². The zero-order chi connectivity index (χ0) is 23.8. The van der Waals surface area contributed by atoms with Crippen LogP contribution in [0.3, 0.4) is 0 Å². The van der Waals surface area contributed by atoms with Crippen LogP contribution in [0.4, 0.5) is 17.5 Å². The Labute approximate surface area is 193 Å². The molecule has 0 saturated heterocycles. The number of anilines is 3. The van der Waals surface area contributed by atoms with Gasteiger partial charge in [-0.2, -0.15) is 10.2 Å². The Balaban J connectivity index is 1.69. The van der Waals surface area contributed by atoms with Gasteiger partial charge in [0, 0.05) is 29.6 Å². The van der Waals surface area contributed by atoms with E-state index in [1.807, 2.05) is 35.9 Å². The normalized spacial score (nSPS) is 14.3. The van der Waals surface area contributed by atoms with Crippen molar-refractivity contribution in [1.82, 2.24) is 14.7 Å². The summed E-state index contributed by atoms with van der Waals surface area (Å²) in [7, 11) is -3.90. The van der Waals surface area contributed by atoms with Gasteiger partial charge in [0.1, 0.15) is 5.82 Å². The molecule has 1 aliphatic rings. The monoisotopic (exact) mass is 464 g/mol. The van der Waals surface area contributed by atoms with Gasteiger partial charge in [0.15, 0.2) is 0 Å². The SMILES string of the molecule is CCC(=O)NS(=O)(=O)c1ccc(Nc2ncc(C)c(NC3=CCC(=CCC#N)C=C3)n2)cc1. The number of benzene rings is 1. The topological polar surface area (TPSA) is 137 Å². The van der Waals surface area contributed by atoms with Crippen molar-refractivity contribution >= 4 is 33.4 Å². The van der Waals surface area contributed by atoms with Gasteiger partial charge in [-0.15, -0.1) is 0 Å². The van der Waals surface area contributed by atoms with Crippen LogP contribution in [0.15, 0.2) is 70.9 Å². The zero-order valence-corrected chi connectivity index (χ0v) is 19.1. The molecule has 170 valence electrons. The van der Waals surface area contributed by atoms with E-state index in [0.717, 1.165) is 23.3 Å². The van der Waals surface area contributed by atoms with Crippen LogP contribution >= 0.6 is 0 Å². The Kier molecular flexibility index (Phi) is 7.58. The molecule has 1 aromatic heterocycles. The molecule has 0 fully saturated rings. The summed E-state index contributed by atoms with van der Waals surface area (Å²) in [6.45, 7) is 3.47. The second-order valence-corrected chi connectivity index (χ2v) is 8.90. The molecular formula is C23H24N6O3S. The Morgan fingerprint density at radius 1 is 1.21 bits per heavy atom. The molecule has 33 heavy (non-hydrogen) atoms. The number of nitriles is 1. The summed E-state index contributed by atoms with van der Waals surface area (Å²) in [6, 6.07) is 8.04. The molecule has 0 radical (unpaired) electrons. The first-order valence-electron chi connectivity index (χ1n) is 10.3. The van der Waals surface area contributed by atoms with Crippen LogP contribution < -0.4 is 15.4 Å². The maximum Gasteiger partial charge on any atom is 0.264 e. The highest BCUT2D eigenvalue weighted by Crippen LogP contribution is 2.22. The van der Waals surface area contributed by atoms with Crippen LogP contribution in [0, 0.1) is 18.3 Å². The Hall–Kier alpha value is -3.97. The summed E-state index contributed by atoms with van der Waals surface area (Å²) in [5, 5.41) is 15.0. The first-order valence-corrected chi connectivity index (χ1v) is 11.8. The summed E-state index contributed by atoms with van der Waals surface area (Å²) in [4.78, 5) is 20.2. The molecule has 1 aromatic carbocycles. The summed E-state index contributed by atoms with van der Waals surface area (Å²) in [6.07, 6.45) is 10.7. The first-order chi connectivity index (χ1) is 15.8. The highest BCUT2D eigenvalue weighted by atomic mass is 32.2. The number of carbonyl (C=O) groups excluding carboxylic acids is 1. The van der Waals surface area contributed by atoms with Crippen LogP contribution in [0.5, 0.6) is 0 Å². The molecule has 1 aliphatic carbocycles. The van der Waals surface area contributed by atoms with Crippen molar-refractivity contribution in [2.24, 2.45) is 0 Å². The largest absolute Gasteiger partial charge is 0.340 e. The summed E-state index contributed by atoms with van der Waals surface area (Å²) < 4.78 is 26.4.